The van der Waals surface area contributed by atoms with Crippen LogP contribution in [-0.4, -0.2) is 63.2 Å². The minimum atomic E-state index is -0.0221. The van der Waals surface area contributed by atoms with E-state index in [1.807, 2.05) is 43.3 Å². The first kappa shape index (κ1) is 27.6. The van der Waals surface area contributed by atoms with Crippen LogP contribution in [0, 0.1) is 0 Å². The molecule has 0 atom stereocenters. The van der Waals surface area contributed by atoms with Crippen LogP contribution in [0.4, 0.5) is 5.69 Å². The van der Waals surface area contributed by atoms with Gasteiger partial charge in [-0.1, -0.05) is 31.4 Å². The van der Waals surface area contributed by atoms with Crippen molar-refractivity contribution in [2.24, 2.45) is 4.99 Å². The molecule has 0 heterocycles. The largest absolute Gasteiger partial charge is 0.378 e. The highest BCUT2D eigenvalue weighted by molar-refractivity contribution is 14.0. The Balaban J connectivity index is 0.00000480. The molecule has 0 aliphatic heterocycles. The number of halogens is 1. The zero-order valence-corrected chi connectivity index (χ0v) is 21.6. The molecule has 0 spiro atoms. The molecule has 3 N–H and O–H groups in total. The number of nitrogens with one attached hydrogen (secondary N) is 3. The maximum absolute atomic E-state index is 11.9. The van der Waals surface area contributed by atoms with Crippen molar-refractivity contribution in [3.05, 3.63) is 29.8 Å². The van der Waals surface area contributed by atoms with Gasteiger partial charge in [0, 0.05) is 25.4 Å². The Labute approximate surface area is 204 Å². The Morgan fingerprint density at radius 1 is 1.19 bits per heavy atom. The van der Waals surface area contributed by atoms with Crippen LogP contribution in [0.5, 0.6) is 0 Å². The number of anilines is 1. The van der Waals surface area contributed by atoms with E-state index in [-0.39, 0.29) is 29.9 Å². The summed E-state index contributed by atoms with van der Waals surface area (Å²) >= 11 is 0. The van der Waals surface area contributed by atoms with Gasteiger partial charge in [-0.25, -0.2) is 4.99 Å². The van der Waals surface area contributed by atoms with Crippen molar-refractivity contribution in [1.82, 2.24) is 15.5 Å². The van der Waals surface area contributed by atoms with Crippen molar-refractivity contribution in [1.29, 1.82) is 0 Å². The Kier molecular flexibility index (Phi) is 14.5. The van der Waals surface area contributed by atoms with Gasteiger partial charge < -0.3 is 25.6 Å². The van der Waals surface area contributed by atoms with Gasteiger partial charge in [0.2, 0.25) is 5.91 Å². The number of benzene rings is 1. The van der Waals surface area contributed by atoms with Crippen molar-refractivity contribution in [3.63, 3.8) is 0 Å². The standard InChI is InChI=1S/C23H39N5O2.HI/c1-4-24-23(25-14-9-15-30-21-12-6-5-7-13-21)26-17-19-10-8-11-20(16-19)27-22(29)18-28(2)3;/h8,10-11,16,21H,4-7,9,12-15,17-18H2,1-3H3,(H,27,29)(H2,24,25,26);1H. The average Bonchev–Trinajstić information content (AvgIpc) is 2.72. The molecular formula is C23H40IN5O2. The fraction of sp³-hybridized carbons (Fsp3) is 0.652. The summed E-state index contributed by atoms with van der Waals surface area (Å²) in [6.45, 7) is 5.41. The van der Waals surface area contributed by atoms with E-state index >= 15 is 0 Å². The molecule has 0 radical (unpaired) electrons. The fourth-order valence-corrected chi connectivity index (χ4v) is 3.51. The third kappa shape index (κ3) is 12.3. The second-order valence-electron chi connectivity index (χ2n) is 8.09. The van der Waals surface area contributed by atoms with Gasteiger partial charge in [-0.05, 0) is 58.0 Å². The normalized spacial score (nSPS) is 14.8. The van der Waals surface area contributed by atoms with E-state index in [1.54, 1.807) is 0 Å². The minimum absolute atomic E-state index is 0. The smallest absolute Gasteiger partial charge is 0.238 e. The van der Waals surface area contributed by atoms with E-state index in [4.69, 9.17) is 4.74 Å². The van der Waals surface area contributed by atoms with Crippen LogP contribution >= 0.6 is 24.0 Å². The molecule has 1 aromatic rings. The summed E-state index contributed by atoms with van der Waals surface area (Å²) in [5, 5.41) is 9.59. The number of rotatable bonds is 11. The fourth-order valence-electron chi connectivity index (χ4n) is 3.51. The number of ether oxygens (including phenoxy) is 1. The van der Waals surface area contributed by atoms with E-state index in [0.717, 1.165) is 43.3 Å². The average molecular weight is 546 g/mol. The highest BCUT2D eigenvalue weighted by Gasteiger charge is 2.13. The lowest BCUT2D eigenvalue weighted by atomic mass is 9.98. The molecule has 0 bridgehead atoms. The number of likely N-dealkylation sites (N-methyl/N-ethyl adjacent to an activating group) is 1. The molecule has 1 aliphatic carbocycles. The van der Waals surface area contributed by atoms with Gasteiger partial charge in [-0.15, -0.1) is 24.0 Å². The van der Waals surface area contributed by atoms with Crippen molar-refractivity contribution in [2.45, 2.75) is 58.1 Å². The molecule has 1 amide bonds. The molecule has 1 aromatic carbocycles. The van der Waals surface area contributed by atoms with Crippen LogP contribution in [0.3, 0.4) is 0 Å². The zero-order chi connectivity index (χ0) is 21.6. The summed E-state index contributed by atoms with van der Waals surface area (Å²) in [6, 6.07) is 7.83. The quantitative estimate of drug-likeness (QED) is 0.172. The van der Waals surface area contributed by atoms with Gasteiger partial charge in [-0.2, -0.15) is 0 Å². The maximum atomic E-state index is 11.9. The molecule has 0 aromatic heterocycles. The second-order valence-corrected chi connectivity index (χ2v) is 8.09. The second kappa shape index (κ2) is 16.3. The Hall–Kier alpha value is -1.39. The molecule has 8 heteroatoms. The number of nitrogens with zero attached hydrogens (tertiary/aromatic N) is 2. The first-order valence-electron chi connectivity index (χ1n) is 11.2. The molecule has 1 fully saturated rings. The van der Waals surface area contributed by atoms with E-state index in [9.17, 15) is 4.79 Å². The molecule has 176 valence electrons. The number of amides is 1. The number of carbonyl (C=O) groups is 1. The number of carbonyl (C=O) groups excluding carboxylic acids is 1. The van der Waals surface area contributed by atoms with E-state index in [2.05, 4.69) is 27.9 Å². The van der Waals surface area contributed by atoms with Crippen molar-refractivity contribution >= 4 is 41.5 Å². The number of guanidine groups is 1. The van der Waals surface area contributed by atoms with Crippen molar-refractivity contribution in [3.8, 4) is 0 Å². The van der Waals surface area contributed by atoms with Gasteiger partial charge >= 0.3 is 0 Å². The molecule has 0 saturated heterocycles. The summed E-state index contributed by atoms with van der Waals surface area (Å²) in [4.78, 5) is 18.5. The highest BCUT2D eigenvalue weighted by atomic mass is 127. The lowest BCUT2D eigenvalue weighted by molar-refractivity contribution is -0.116. The summed E-state index contributed by atoms with van der Waals surface area (Å²) in [7, 11) is 3.75. The predicted molar refractivity (Wildman–Crippen MR) is 139 cm³/mol. The summed E-state index contributed by atoms with van der Waals surface area (Å²) < 4.78 is 5.99. The van der Waals surface area contributed by atoms with Gasteiger partial charge in [0.05, 0.1) is 19.2 Å². The number of aliphatic imine (C=N–C) groups is 1. The molecule has 31 heavy (non-hydrogen) atoms. The predicted octanol–water partition coefficient (Wildman–Crippen LogP) is 3.60. The first-order chi connectivity index (χ1) is 14.6. The monoisotopic (exact) mass is 545 g/mol. The van der Waals surface area contributed by atoms with E-state index in [1.165, 1.54) is 32.1 Å². The van der Waals surface area contributed by atoms with E-state index < -0.39 is 0 Å². The Morgan fingerprint density at radius 3 is 2.68 bits per heavy atom. The zero-order valence-electron chi connectivity index (χ0n) is 19.3. The van der Waals surface area contributed by atoms with Crippen LogP contribution in [-0.2, 0) is 16.1 Å². The topological polar surface area (TPSA) is 78.0 Å². The van der Waals surface area contributed by atoms with Gasteiger partial charge in [0.1, 0.15) is 0 Å². The number of hydrogen-bond acceptors (Lipinski definition) is 4. The van der Waals surface area contributed by atoms with Gasteiger partial charge in [0.15, 0.2) is 5.96 Å². The van der Waals surface area contributed by atoms with E-state index in [0.29, 0.717) is 19.2 Å². The SMILES string of the molecule is CCNC(=NCc1cccc(NC(=O)CN(C)C)c1)NCCCOC1CCCCC1.I. The summed E-state index contributed by atoms with van der Waals surface area (Å²) in [5.41, 5.74) is 1.85. The Bertz CT molecular complexity index is 663. The number of hydrogen-bond donors (Lipinski definition) is 3. The molecular weight excluding hydrogens is 505 g/mol. The molecule has 1 aliphatic rings. The Morgan fingerprint density at radius 2 is 1.97 bits per heavy atom. The highest BCUT2D eigenvalue weighted by Crippen LogP contribution is 2.20. The van der Waals surface area contributed by atoms with Crippen LogP contribution in [0.1, 0.15) is 51.0 Å². The van der Waals surface area contributed by atoms with Crippen LogP contribution in [0.15, 0.2) is 29.3 Å². The third-order valence-corrected chi connectivity index (χ3v) is 4.95. The molecule has 2 rings (SSSR count). The third-order valence-electron chi connectivity index (χ3n) is 4.95. The molecule has 1 saturated carbocycles. The van der Waals surface area contributed by atoms with Crippen LogP contribution in [0.25, 0.3) is 0 Å². The summed E-state index contributed by atoms with van der Waals surface area (Å²) in [5.74, 6) is 0.781. The lowest BCUT2D eigenvalue weighted by Gasteiger charge is -2.22. The van der Waals surface area contributed by atoms with Crippen molar-refractivity contribution in [2.75, 3.05) is 45.7 Å². The van der Waals surface area contributed by atoms with Crippen LogP contribution in [0.2, 0.25) is 0 Å². The van der Waals surface area contributed by atoms with Crippen molar-refractivity contribution < 1.29 is 9.53 Å². The minimum Gasteiger partial charge on any atom is -0.378 e. The first-order valence-corrected chi connectivity index (χ1v) is 11.2. The molecule has 0 unspecified atom stereocenters. The maximum Gasteiger partial charge on any atom is 0.238 e. The van der Waals surface area contributed by atoms with Crippen LogP contribution < -0.4 is 16.0 Å². The summed E-state index contributed by atoms with van der Waals surface area (Å²) in [6.07, 6.45) is 7.83. The van der Waals surface area contributed by atoms with Gasteiger partial charge in [0.25, 0.3) is 0 Å². The molecule has 7 nitrogen and oxygen atoms in total. The lowest BCUT2D eigenvalue weighted by Crippen LogP contribution is -2.38. The van der Waals surface area contributed by atoms with Gasteiger partial charge in [-0.3, -0.25) is 4.79 Å².